The van der Waals surface area contributed by atoms with Gasteiger partial charge in [-0.1, -0.05) is 17.7 Å². The topological polar surface area (TPSA) is 99.3 Å². The van der Waals surface area contributed by atoms with Crippen molar-refractivity contribution in [3.8, 4) is 11.5 Å². The Morgan fingerprint density at radius 3 is 2.57 bits per heavy atom. The molecule has 0 radical (unpaired) electrons. The molecule has 0 saturated carbocycles. The van der Waals surface area contributed by atoms with Crippen LogP contribution in [0.2, 0.25) is 0 Å². The Balaban J connectivity index is 1.83. The second-order valence-corrected chi connectivity index (χ2v) is 7.11. The lowest BCUT2D eigenvalue weighted by atomic mass is 10.2. The van der Waals surface area contributed by atoms with Gasteiger partial charge in [0.25, 0.3) is 5.69 Å². The van der Waals surface area contributed by atoms with E-state index in [0.717, 1.165) is 10.0 Å². The van der Waals surface area contributed by atoms with Gasteiger partial charge in [-0.3, -0.25) is 19.6 Å². The highest BCUT2D eigenvalue weighted by atomic mass is 79.9. The number of nitrogens with zero attached hydrogens (tertiary/aromatic N) is 3. The lowest BCUT2D eigenvalue weighted by Crippen LogP contribution is -2.24. The highest BCUT2D eigenvalue weighted by Gasteiger charge is 2.18. The van der Waals surface area contributed by atoms with E-state index in [-0.39, 0.29) is 23.0 Å². The Labute approximate surface area is 169 Å². The molecule has 2 aromatic carbocycles. The number of carbonyl (C=O) groups is 1. The molecule has 1 N–H and O–H groups in total. The van der Waals surface area contributed by atoms with Crippen molar-refractivity contribution in [3.05, 3.63) is 75.0 Å². The van der Waals surface area contributed by atoms with Crippen molar-refractivity contribution in [1.29, 1.82) is 0 Å². The number of aryl methyl sites for hydroxylation is 1. The van der Waals surface area contributed by atoms with Crippen molar-refractivity contribution in [3.63, 3.8) is 0 Å². The average Bonchev–Trinajstić information content (AvgIpc) is 3.09. The van der Waals surface area contributed by atoms with Gasteiger partial charge in [-0.25, -0.2) is 0 Å². The quantitative estimate of drug-likeness (QED) is 0.432. The summed E-state index contributed by atoms with van der Waals surface area (Å²) in [4.78, 5) is 23.2. The van der Waals surface area contributed by atoms with E-state index in [9.17, 15) is 14.9 Å². The fraction of sp³-hybridized carbons (Fsp3) is 0.158. The van der Waals surface area contributed by atoms with Gasteiger partial charge in [0.1, 0.15) is 17.5 Å². The molecule has 144 valence electrons. The van der Waals surface area contributed by atoms with Crippen LogP contribution in [0, 0.1) is 17.0 Å². The maximum atomic E-state index is 12.5. The van der Waals surface area contributed by atoms with Gasteiger partial charge in [0.05, 0.1) is 27.3 Å². The summed E-state index contributed by atoms with van der Waals surface area (Å²) in [5, 5.41) is 18.0. The second-order valence-electron chi connectivity index (χ2n) is 6.19. The first-order valence-corrected chi connectivity index (χ1v) is 9.15. The van der Waals surface area contributed by atoms with Crippen molar-refractivity contribution in [1.82, 2.24) is 9.78 Å². The molecule has 0 bridgehead atoms. The summed E-state index contributed by atoms with van der Waals surface area (Å²) >= 11 is 3.28. The maximum absolute atomic E-state index is 12.5. The average molecular weight is 445 g/mol. The van der Waals surface area contributed by atoms with Crippen LogP contribution in [0.25, 0.3) is 0 Å². The van der Waals surface area contributed by atoms with Gasteiger partial charge in [0, 0.05) is 18.3 Å². The number of hydrogen-bond donors (Lipinski definition) is 1. The predicted molar refractivity (Wildman–Crippen MR) is 108 cm³/mol. The Hall–Kier alpha value is -3.20. The number of hydrogen-bond acceptors (Lipinski definition) is 5. The minimum absolute atomic E-state index is 0.186. The SMILES string of the molecule is Cc1ccc(Oc2cc(NC(=O)C(C)n3cc(Br)cn3)cc([N+](=O)[O-])c2)cc1. The third-order valence-electron chi connectivity index (χ3n) is 3.97. The van der Waals surface area contributed by atoms with Gasteiger partial charge in [0.15, 0.2) is 0 Å². The number of nitro groups is 1. The highest BCUT2D eigenvalue weighted by molar-refractivity contribution is 9.10. The van der Waals surface area contributed by atoms with E-state index in [2.05, 4.69) is 26.3 Å². The summed E-state index contributed by atoms with van der Waals surface area (Å²) in [6.07, 6.45) is 3.24. The molecule has 0 aliphatic heterocycles. The summed E-state index contributed by atoms with van der Waals surface area (Å²) in [5.74, 6) is 0.429. The molecule has 0 aliphatic carbocycles. The molecule has 9 heteroatoms. The maximum Gasteiger partial charge on any atom is 0.275 e. The van der Waals surface area contributed by atoms with Crippen molar-refractivity contribution >= 4 is 33.2 Å². The van der Waals surface area contributed by atoms with Crippen LogP contribution in [0.5, 0.6) is 11.5 Å². The zero-order valence-corrected chi connectivity index (χ0v) is 16.7. The first-order chi connectivity index (χ1) is 13.3. The number of halogens is 1. The number of rotatable bonds is 6. The normalized spacial score (nSPS) is 11.7. The van der Waals surface area contributed by atoms with Gasteiger partial charge in [-0.15, -0.1) is 0 Å². The van der Waals surface area contributed by atoms with E-state index in [0.29, 0.717) is 5.75 Å². The minimum Gasteiger partial charge on any atom is -0.457 e. The molecule has 0 spiro atoms. The van der Waals surface area contributed by atoms with E-state index in [1.54, 1.807) is 31.5 Å². The highest BCUT2D eigenvalue weighted by Crippen LogP contribution is 2.30. The van der Waals surface area contributed by atoms with Crippen LogP contribution in [-0.4, -0.2) is 20.6 Å². The van der Waals surface area contributed by atoms with Crippen molar-refractivity contribution in [2.45, 2.75) is 19.9 Å². The molecular formula is C19H17BrN4O4. The fourth-order valence-electron chi connectivity index (χ4n) is 2.46. The predicted octanol–water partition coefficient (Wildman–Crippen LogP) is 4.85. The molecule has 8 nitrogen and oxygen atoms in total. The Kier molecular flexibility index (Phi) is 5.74. The molecule has 1 unspecified atom stereocenters. The molecule has 0 saturated heterocycles. The van der Waals surface area contributed by atoms with E-state index < -0.39 is 11.0 Å². The lowest BCUT2D eigenvalue weighted by Gasteiger charge is -2.14. The summed E-state index contributed by atoms with van der Waals surface area (Å²) in [5.41, 5.74) is 1.15. The molecule has 0 fully saturated rings. The molecule has 1 aromatic heterocycles. The van der Waals surface area contributed by atoms with Crippen LogP contribution in [0.15, 0.2) is 59.3 Å². The molecule has 28 heavy (non-hydrogen) atoms. The Morgan fingerprint density at radius 1 is 1.25 bits per heavy atom. The van der Waals surface area contributed by atoms with Gasteiger partial charge in [0.2, 0.25) is 5.91 Å². The van der Waals surface area contributed by atoms with Crippen molar-refractivity contribution in [2.75, 3.05) is 5.32 Å². The number of ether oxygens (including phenoxy) is 1. The van der Waals surface area contributed by atoms with Crippen LogP contribution >= 0.6 is 15.9 Å². The Bertz CT molecular complexity index is 1020. The molecule has 1 atom stereocenters. The second kappa shape index (κ2) is 8.22. The third kappa shape index (κ3) is 4.74. The first kappa shape index (κ1) is 19.6. The number of benzene rings is 2. The number of anilines is 1. The molecule has 3 rings (SSSR count). The van der Waals surface area contributed by atoms with Gasteiger partial charge < -0.3 is 10.1 Å². The first-order valence-electron chi connectivity index (χ1n) is 8.36. The number of carbonyl (C=O) groups excluding carboxylic acids is 1. The number of aromatic nitrogens is 2. The lowest BCUT2D eigenvalue weighted by molar-refractivity contribution is -0.384. The van der Waals surface area contributed by atoms with E-state index >= 15 is 0 Å². The summed E-state index contributed by atoms with van der Waals surface area (Å²) in [6.45, 7) is 3.62. The van der Waals surface area contributed by atoms with E-state index in [1.165, 1.54) is 22.9 Å². The Morgan fingerprint density at radius 2 is 1.96 bits per heavy atom. The zero-order chi connectivity index (χ0) is 20.3. The monoisotopic (exact) mass is 444 g/mol. The molecule has 1 amide bonds. The summed E-state index contributed by atoms with van der Waals surface area (Å²) in [6, 6.07) is 10.8. The van der Waals surface area contributed by atoms with Crippen LogP contribution < -0.4 is 10.1 Å². The number of non-ortho nitro benzene ring substituents is 1. The van der Waals surface area contributed by atoms with Gasteiger partial charge in [-0.2, -0.15) is 5.10 Å². The van der Waals surface area contributed by atoms with E-state index in [1.807, 2.05) is 19.1 Å². The van der Waals surface area contributed by atoms with Crippen molar-refractivity contribution in [2.24, 2.45) is 0 Å². The zero-order valence-electron chi connectivity index (χ0n) is 15.1. The van der Waals surface area contributed by atoms with Gasteiger partial charge >= 0.3 is 0 Å². The van der Waals surface area contributed by atoms with Crippen LogP contribution in [-0.2, 0) is 4.79 Å². The van der Waals surface area contributed by atoms with Crippen LogP contribution in [0.3, 0.4) is 0 Å². The minimum atomic E-state index is -0.605. The van der Waals surface area contributed by atoms with Crippen molar-refractivity contribution < 1.29 is 14.5 Å². The summed E-state index contributed by atoms with van der Waals surface area (Å²) < 4.78 is 7.95. The van der Waals surface area contributed by atoms with E-state index in [4.69, 9.17) is 4.74 Å². The van der Waals surface area contributed by atoms with Crippen LogP contribution in [0.1, 0.15) is 18.5 Å². The third-order valence-corrected chi connectivity index (χ3v) is 4.38. The number of amides is 1. The summed E-state index contributed by atoms with van der Waals surface area (Å²) in [7, 11) is 0. The fourth-order valence-corrected chi connectivity index (χ4v) is 2.76. The standard InChI is InChI=1S/C19H17BrN4O4/c1-12-3-5-17(6-4-12)28-18-8-15(7-16(9-18)24(26)27)22-19(25)13(2)23-11-14(20)10-21-23/h3-11,13H,1-2H3,(H,22,25). The molecule has 0 aliphatic rings. The number of nitrogens with one attached hydrogen (secondary N) is 1. The molecular weight excluding hydrogens is 428 g/mol. The van der Waals surface area contributed by atoms with Gasteiger partial charge in [-0.05, 0) is 41.9 Å². The van der Waals surface area contributed by atoms with Crippen LogP contribution in [0.4, 0.5) is 11.4 Å². The molecule has 1 heterocycles. The number of nitro benzene ring substituents is 1. The largest absolute Gasteiger partial charge is 0.457 e. The smallest absolute Gasteiger partial charge is 0.275 e. The molecule has 3 aromatic rings.